The van der Waals surface area contributed by atoms with Crippen LogP contribution in [-0.4, -0.2) is 25.0 Å². The van der Waals surface area contributed by atoms with Crippen molar-refractivity contribution in [2.75, 3.05) is 13.2 Å². The van der Waals surface area contributed by atoms with Crippen LogP contribution in [0, 0.1) is 0 Å². The summed E-state index contributed by atoms with van der Waals surface area (Å²) in [4.78, 5) is 21.9. The van der Waals surface area contributed by atoms with E-state index in [0.717, 1.165) is 12.8 Å². The maximum absolute atomic E-state index is 11.0. The first-order valence-electron chi connectivity index (χ1n) is 5.13. The van der Waals surface area contributed by atoms with Crippen LogP contribution in [0.5, 0.6) is 0 Å². The number of carbonyl (C=O) groups is 2. The van der Waals surface area contributed by atoms with Gasteiger partial charge in [0.2, 0.25) is 5.91 Å². The average Bonchev–Trinajstić information content (AvgIpc) is 2.13. The number of ether oxygens (including phenoxy) is 1. The van der Waals surface area contributed by atoms with Gasteiger partial charge in [-0.15, -0.1) is 0 Å². The molecule has 0 fully saturated rings. The summed E-state index contributed by atoms with van der Waals surface area (Å²) in [5, 5.41) is 2.70. The summed E-state index contributed by atoms with van der Waals surface area (Å²) in [5.74, 6) is -0.125. The lowest BCUT2D eigenvalue weighted by molar-refractivity contribution is -0.143. The van der Waals surface area contributed by atoms with E-state index in [2.05, 4.69) is 5.32 Å². The molecular formula is C10H19NO3. The highest BCUT2D eigenvalue weighted by atomic mass is 16.5. The summed E-state index contributed by atoms with van der Waals surface area (Å²) >= 11 is 0. The molecule has 0 saturated heterocycles. The minimum Gasteiger partial charge on any atom is -0.466 e. The number of hydrogen-bond donors (Lipinski definition) is 1. The maximum atomic E-state index is 11.0. The lowest BCUT2D eigenvalue weighted by Crippen LogP contribution is -2.22. The van der Waals surface area contributed by atoms with Crippen molar-refractivity contribution in [3.8, 4) is 0 Å². The highest BCUT2D eigenvalue weighted by Crippen LogP contribution is 2.01. The summed E-state index contributed by atoms with van der Waals surface area (Å²) in [6.45, 7) is 4.76. The molecule has 0 rings (SSSR count). The van der Waals surface area contributed by atoms with Crippen LogP contribution in [0.15, 0.2) is 0 Å². The van der Waals surface area contributed by atoms with Gasteiger partial charge in [-0.05, 0) is 26.7 Å². The van der Waals surface area contributed by atoms with Crippen LogP contribution in [0.4, 0.5) is 0 Å². The second-order valence-electron chi connectivity index (χ2n) is 2.97. The lowest BCUT2D eigenvalue weighted by Gasteiger charge is -2.02. The molecule has 0 unspecified atom stereocenters. The topological polar surface area (TPSA) is 55.4 Å². The summed E-state index contributed by atoms with van der Waals surface area (Å²) < 4.78 is 4.76. The number of esters is 1. The van der Waals surface area contributed by atoms with E-state index in [0.29, 0.717) is 26.0 Å². The molecular weight excluding hydrogens is 182 g/mol. The third-order valence-electron chi connectivity index (χ3n) is 1.71. The van der Waals surface area contributed by atoms with Crippen LogP contribution < -0.4 is 5.32 Å². The van der Waals surface area contributed by atoms with Gasteiger partial charge in [-0.1, -0.05) is 0 Å². The second kappa shape index (κ2) is 8.53. The maximum Gasteiger partial charge on any atom is 0.305 e. The summed E-state index contributed by atoms with van der Waals surface area (Å²) in [6, 6.07) is 0. The third-order valence-corrected chi connectivity index (χ3v) is 1.71. The standard InChI is InChI=1S/C10H19NO3/c1-3-11-9(12)7-5-6-8-10(13)14-4-2/h3-8H2,1-2H3,(H,11,12). The Morgan fingerprint density at radius 3 is 2.36 bits per heavy atom. The molecule has 4 heteroatoms. The van der Waals surface area contributed by atoms with E-state index in [9.17, 15) is 9.59 Å². The Morgan fingerprint density at radius 2 is 1.79 bits per heavy atom. The highest BCUT2D eigenvalue weighted by Gasteiger charge is 2.03. The number of hydrogen-bond acceptors (Lipinski definition) is 3. The minimum atomic E-state index is -0.177. The molecule has 0 aromatic heterocycles. The number of unbranched alkanes of at least 4 members (excludes halogenated alkanes) is 1. The lowest BCUT2D eigenvalue weighted by atomic mass is 10.2. The first-order valence-corrected chi connectivity index (χ1v) is 5.13. The Kier molecular flexibility index (Phi) is 7.89. The van der Waals surface area contributed by atoms with E-state index in [4.69, 9.17) is 4.74 Å². The van der Waals surface area contributed by atoms with Gasteiger partial charge in [0.15, 0.2) is 0 Å². The summed E-state index contributed by atoms with van der Waals surface area (Å²) in [6.07, 6.45) is 2.36. The number of amides is 1. The Bertz CT molecular complexity index is 160. The molecule has 0 aliphatic carbocycles. The van der Waals surface area contributed by atoms with Crippen molar-refractivity contribution < 1.29 is 14.3 Å². The molecule has 0 aliphatic rings. The van der Waals surface area contributed by atoms with Crippen molar-refractivity contribution in [1.82, 2.24) is 5.32 Å². The number of rotatable bonds is 7. The molecule has 0 spiro atoms. The fraction of sp³-hybridized carbons (Fsp3) is 0.800. The Hall–Kier alpha value is -1.06. The van der Waals surface area contributed by atoms with E-state index in [1.807, 2.05) is 6.92 Å². The molecule has 0 heterocycles. The SMILES string of the molecule is CCNC(=O)CCCCC(=O)OCC. The Morgan fingerprint density at radius 1 is 1.14 bits per heavy atom. The van der Waals surface area contributed by atoms with E-state index in [1.165, 1.54) is 0 Å². The van der Waals surface area contributed by atoms with Gasteiger partial charge in [-0.25, -0.2) is 0 Å². The fourth-order valence-electron chi connectivity index (χ4n) is 1.07. The smallest absolute Gasteiger partial charge is 0.305 e. The van der Waals surface area contributed by atoms with Crippen molar-refractivity contribution in [1.29, 1.82) is 0 Å². The Labute approximate surface area is 85.0 Å². The van der Waals surface area contributed by atoms with Crippen molar-refractivity contribution in [3.63, 3.8) is 0 Å². The molecule has 0 aromatic carbocycles. The zero-order chi connectivity index (χ0) is 10.8. The fourth-order valence-corrected chi connectivity index (χ4v) is 1.07. The van der Waals surface area contributed by atoms with Crippen LogP contribution in [-0.2, 0) is 14.3 Å². The van der Waals surface area contributed by atoms with Gasteiger partial charge >= 0.3 is 5.97 Å². The van der Waals surface area contributed by atoms with Crippen LogP contribution in [0.25, 0.3) is 0 Å². The van der Waals surface area contributed by atoms with Gasteiger partial charge in [0.25, 0.3) is 0 Å². The molecule has 82 valence electrons. The van der Waals surface area contributed by atoms with Gasteiger partial charge in [-0.2, -0.15) is 0 Å². The van der Waals surface area contributed by atoms with Gasteiger partial charge in [0.05, 0.1) is 6.61 Å². The van der Waals surface area contributed by atoms with Crippen LogP contribution in [0.2, 0.25) is 0 Å². The monoisotopic (exact) mass is 201 g/mol. The molecule has 0 atom stereocenters. The third kappa shape index (κ3) is 7.58. The van der Waals surface area contributed by atoms with Crippen LogP contribution >= 0.6 is 0 Å². The largest absolute Gasteiger partial charge is 0.466 e. The Balaban J connectivity index is 3.28. The van der Waals surface area contributed by atoms with Crippen molar-refractivity contribution in [3.05, 3.63) is 0 Å². The molecule has 0 bridgehead atoms. The molecule has 1 N–H and O–H groups in total. The van der Waals surface area contributed by atoms with E-state index >= 15 is 0 Å². The quantitative estimate of drug-likeness (QED) is 0.498. The molecule has 4 nitrogen and oxygen atoms in total. The van der Waals surface area contributed by atoms with Gasteiger partial charge in [0.1, 0.15) is 0 Å². The zero-order valence-corrected chi connectivity index (χ0v) is 8.97. The minimum absolute atomic E-state index is 0.0522. The second-order valence-corrected chi connectivity index (χ2v) is 2.97. The molecule has 0 aromatic rings. The number of carbonyl (C=O) groups excluding carboxylic acids is 2. The first-order chi connectivity index (χ1) is 6.70. The molecule has 0 saturated carbocycles. The predicted molar refractivity (Wildman–Crippen MR) is 53.8 cm³/mol. The van der Waals surface area contributed by atoms with Gasteiger partial charge < -0.3 is 10.1 Å². The normalized spacial score (nSPS) is 9.57. The van der Waals surface area contributed by atoms with E-state index in [-0.39, 0.29) is 11.9 Å². The van der Waals surface area contributed by atoms with Crippen LogP contribution in [0.1, 0.15) is 39.5 Å². The van der Waals surface area contributed by atoms with E-state index < -0.39 is 0 Å². The summed E-state index contributed by atoms with van der Waals surface area (Å²) in [5.41, 5.74) is 0. The molecule has 0 radical (unpaired) electrons. The average molecular weight is 201 g/mol. The predicted octanol–water partition coefficient (Wildman–Crippen LogP) is 1.25. The molecule has 1 amide bonds. The highest BCUT2D eigenvalue weighted by molar-refractivity contribution is 5.75. The molecule has 0 aliphatic heterocycles. The van der Waals surface area contributed by atoms with Crippen LogP contribution in [0.3, 0.4) is 0 Å². The number of nitrogens with one attached hydrogen (secondary N) is 1. The molecule has 14 heavy (non-hydrogen) atoms. The van der Waals surface area contributed by atoms with Crippen molar-refractivity contribution in [2.45, 2.75) is 39.5 Å². The summed E-state index contributed by atoms with van der Waals surface area (Å²) in [7, 11) is 0. The zero-order valence-electron chi connectivity index (χ0n) is 8.97. The van der Waals surface area contributed by atoms with Crippen molar-refractivity contribution in [2.24, 2.45) is 0 Å². The first kappa shape index (κ1) is 12.9. The van der Waals surface area contributed by atoms with Gasteiger partial charge in [-0.3, -0.25) is 9.59 Å². The van der Waals surface area contributed by atoms with E-state index in [1.54, 1.807) is 6.92 Å². The van der Waals surface area contributed by atoms with Gasteiger partial charge in [0, 0.05) is 19.4 Å². The van der Waals surface area contributed by atoms with Crippen molar-refractivity contribution >= 4 is 11.9 Å².